The molecule has 0 N–H and O–H groups in total. The molecule has 0 spiro atoms. The van der Waals surface area contributed by atoms with Gasteiger partial charge in [-0.05, 0) is 34.5 Å². The largest absolute Gasteiger partial charge is 0.264 e. The van der Waals surface area contributed by atoms with Crippen LogP contribution in [0, 0.1) is 0 Å². The van der Waals surface area contributed by atoms with Crippen molar-refractivity contribution in [3.63, 3.8) is 0 Å². The van der Waals surface area contributed by atoms with E-state index in [2.05, 4.69) is 58.5 Å². The van der Waals surface area contributed by atoms with Crippen molar-refractivity contribution in [2.24, 2.45) is 0 Å². The lowest BCUT2D eigenvalue weighted by Crippen LogP contribution is -1.88. The standard InChI is InChI=1S/C20H14N2/c1-2-13-22-19(11-1)18-10-4-7-15-6-3-9-17(20(15)18)16-8-5-12-21-14-16/h1-14H. The van der Waals surface area contributed by atoms with Crippen LogP contribution >= 0.6 is 0 Å². The van der Waals surface area contributed by atoms with Gasteiger partial charge in [-0.3, -0.25) is 9.97 Å². The van der Waals surface area contributed by atoms with E-state index in [1.165, 1.54) is 16.3 Å². The molecule has 2 heterocycles. The summed E-state index contributed by atoms with van der Waals surface area (Å²) in [5, 5.41) is 2.43. The highest BCUT2D eigenvalue weighted by atomic mass is 14.7. The number of nitrogens with zero attached hydrogens (tertiary/aromatic N) is 2. The molecule has 0 saturated carbocycles. The van der Waals surface area contributed by atoms with Crippen LogP contribution in [0.3, 0.4) is 0 Å². The molecule has 0 atom stereocenters. The number of benzene rings is 2. The minimum Gasteiger partial charge on any atom is -0.264 e. The van der Waals surface area contributed by atoms with E-state index in [0.29, 0.717) is 0 Å². The van der Waals surface area contributed by atoms with Gasteiger partial charge in [-0.15, -0.1) is 0 Å². The molecule has 4 aromatic rings. The Hall–Kier alpha value is -3.00. The molecule has 0 aliphatic heterocycles. The smallest absolute Gasteiger partial charge is 0.0708 e. The second-order valence-corrected chi connectivity index (χ2v) is 5.17. The van der Waals surface area contributed by atoms with E-state index in [-0.39, 0.29) is 0 Å². The fourth-order valence-corrected chi connectivity index (χ4v) is 2.84. The van der Waals surface area contributed by atoms with Gasteiger partial charge in [0.15, 0.2) is 0 Å². The van der Waals surface area contributed by atoms with Crippen LogP contribution in [0.1, 0.15) is 0 Å². The summed E-state index contributed by atoms with van der Waals surface area (Å²) in [4.78, 5) is 8.77. The van der Waals surface area contributed by atoms with Crippen molar-refractivity contribution < 1.29 is 0 Å². The molecular formula is C20H14N2. The molecule has 0 unspecified atom stereocenters. The lowest BCUT2D eigenvalue weighted by atomic mass is 9.94. The maximum atomic E-state index is 4.52. The van der Waals surface area contributed by atoms with Gasteiger partial charge < -0.3 is 0 Å². The third kappa shape index (κ3) is 2.15. The van der Waals surface area contributed by atoms with Crippen LogP contribution in [0.25, 0.3) is 33.2 Å². The van der Waals surface area contributed by atoms with Crippen molar-refractivity contribution in [1.82, 2.24) is 9.97 Å². The highest BCUT2D eigenvalue weighted by Gasteiger charge is 2.10. The Morgan fingerprint density at radius 2 is 1.50 bits per heavy atom. The van der Waals surface area contributed by atoms with Crippen LogP contribution in [-0.4, -0.2) is 9.97 Å². The number of hydrogen-bond donors (Lipinski definition) is 0. The second-order valence-electron chi connectivity index (χ2n) is 5.17. The summed E-state index contributed by atoms with van der Waals surface area (Å²) in [6.45, 7) is 0. The number of aromatic nitrogens is 2. The lowest BCUT2D eigenvalue weighted by Gasteiger charge is -2.11. The fourth-order valence-electron chi connectivity index (χ4n) is 2.84. The first-order valence-corrected chi connectivity index (χ1v) is 7.27. The van der Waals surface area contributed by atoms with Crippen molar-refractivity contribution in [1.29, 1.82) is 0 Å². The Labute approximate surface area is 129 Å². The van der Waals surface area contributed by atoms with Crippen LogP contribution in [0.5, 0.6) is 0 Å². The molecule has 0 fully saturated rings. The Morgan fingerprint density at radius 3 is 2.23 bits per heavy atom. The summed E-state index contributed by atoms with van der Waals surface area (Å²) in [6, 6.07) is 22.8. The monoisotopic (exact) mass is 282 g/mol. The van der Waals surface area contributed by atoms with Gasteiger partial charge in [0.2, 0.25) is 0 Å². The fraction of sp³-hybridized carbons (Fsp3) is 0. The number of rotatable bonds is 2. The number of hydrogen-bond acceptors (Lipinski definition) is 2. The van der Waals surface area contributed by atoms with Gasteiger partial charge in [-0.25, -0.2) is 0 Å². The van der Waals surface area contributed by atoms with Crippen molar-refractivity contribution >= 4 is 10.8 Å². The van der Waals surface area contributed by atoms with Crippen molar-refractivity contribution in [3.8, 4) is 22.4 Å². The van der Waals surface area contributed by atoms with E-state index in [0.717, 1.165) is 16.8 Å². The molecule has 2 nitrogen and oxygen atoms in total. The lowest BCUT2D eigenvalue weighted by molar-refractivity contribution is 1.33. The average Bonchev–Trinajstić information content (AvgIpc) is 2.62. The second kappa shape index (κ2) is 5.41. The third-order valence-electron chi connectivity index (χ3n) is 3.82. The van der Waals surface area contributed by atoms with E-state index in [1.54, 1.807) is 6.20 Å². The summed E-state index contributed by atoms with van der Waals surface area (Å²) in [6.07, 6.45) is 5.54. The molecule has 2 aromatic heterocycles. The first-order valence-electron chi connectivity index (χ1n) is 7.27. The maximum Gasteiger partial charge on any atom is 0.0708 e. The first kappa shape index (κ1) is 12.7. The van der Waals surface area contributed by atoms with Crippen LogP contribution < -0.4 is 0 Å². The molecule has 0 radical (unpaired) electrons. The third-order valence-corrected chi connectivity index (χ3v) is 3.82. The molecule has 0 bridgehead atoms. The molecule has 2 heteroatoms. The van der Waals surface area contributed by atoms with Crippen LogP contribution in [0.15, 0.2) is 85.3 Å². The molecule has 104 valence electrons. The van der Waals surface area contributed by atoms with Crippen LogP contribution in [-0.2, 0) is 0 Å². The molecular weight excluding hydrogens is 268 g/mol. The molecule has 0 aliphatic rings. The molecule has 22 heavy (non-hydrogen) atoms. The van der Waals surface area contributed by atoms with E-state index >= 15 is 0 Å². The Kier molecular flexibility index (Phi) is 3.13. The zero-order chi connectivity index (χ0) is 14.8. The predicted octanol–water partition coefficient (Wildman–Crippen LogP) is 4.96. The highest BCUT2D eigenvalue weighted by Crippen LogP contribution is 2.35. The summed E-state index contributed by atoms with van der Waals surface area (Å²) < 4.78 is 0. The average molecular weight is 282 g/mol. The predicted molar refractivity (Wildman–Crippen MR) is 90.4 cm³/mol. The number of fused-ring (bicyclic) bond motifs is 1. The normalized spacial score (nSPS) is 10.7. The van der Waals surface area contributed by atoms with Gasteiger partial charge >= 0.3 is 0 Å². The van der Waals surface area contributed by atoms with Crippen molar-refractivity contribution in [2.75, 3.05) is 0 Å². The molecule has 4 rings (SSSR count). The van der Waals surface area contributed by atoms with E-state index < -0.39 is 0 Å². The van der Waals surface area contributed by atoms with Gasteiger partial charge in [0.05, 0.1) is 5.69 Å². The number of pyridine rings is 2. The zero-order valence-electron chi connectivity index (χ0n) is 12.0. The molecule has 0 saturated heterocycles. The van der Waals surface area contributed by atoms with Gasteiger partial charge in [-0.1, -0.05) is 48.5 Å². The van der Waals surface area contributed by atoms with Gasteiger partial charge in [0, 0.05) is 29.7 Å². The van der Waals surface area contributed by atoms with Gasteiger partial charge in [0.1, 0.15) is 0 Å². The Morgan fingerprint density at radius 1 is 0.636 bits per heavy atom. The highest BCUT2D eigenvalue weighted by molar-refractivity contribution is 6.05. The minimum absolute atomic E-state index is 0.990. The topological polar surface area (TPSA) is 25.8 Å². The molecule has 0 amide bonds. The maximum absolute atomic E-state index is 4.52. The van der Waals surface area contributed by atoms with E-state index in [9.17, 15) is 0 Å². The summed E-state index contributed by atoms with van der Waals surface area (Å²) in [7, 11) is 0. The molecule has 2 aromatic carbocycles. The summed E-state index contributed by atoms with van der Waals surface area (Å²) in [5.74, 6) is 0. The van der Waals surface area contributed by atoms with Crippen molar-refractivity contribution in [2.45, 2.75) is 0 Å². The summed E-state index contributed by atoms with van der Waals surface area (Å²) >= 11 is 0. The molecule has 0 aliphatic carbocycles. The van der Waals surface area contributed by atoms with E-state index in [4.69, 9.17) is 0 Å². The first-order chi connectivity index (χ1) is 10.9. The Bertz CT molecular complexity index is 842. The van der Waals surface area contributed by atoms with Crippen LogP contribution in [0.4, 0.5) is 0 Å². The minimum atomic E-state index is 0.990. The van der Waals surface area contributed by atoms with E-state index in [1.807, 2.05) is 30.6 Å². The van der Waals surface area contributed by atoms with Gasteiger partial charge in [-0.2, -0.15) is 0 Å². The zero-order valence-corrected chi connectivity index (χ0v) is 12.0. The SMILES string of the molecule is c1ccc(-c2cccc3cccc(-c4cccnc4)c23)nc1. The quantitative estimate of drug-likeness (QED) is 0.519. The van der Waals surface area contributed by atoms with Gasteiger partial charge in [0.25, 0.3) is 0 Å². The summed E-state index contributed by atoms with van der Waals surface area (Å²) in [5.41, 5.74) is 4.45. The Balaban J connectivity index is 2.07. The van der Waals surface area contributed by atoms with Crippen molar-refractivity contribution in [3.05, 3.63) is 85.3 Å². The van der Waals surface area contributed by atoms with Crippen LogP contribution in [0.2, 0.25) is 0 Å².